The quantitative estimate of drug-likeness (QED) is 0.820. The molecule has 0 saturated heterocycles. The van der Waals surface area contributed by atoms with E-state index in [9.17, 15) is 4.79 Å². The Morgan fingerprint density at radius 3 is 2.37 bits per heavy atom. The fourth-order valence-corrected chi connectivity index (χ4v) is 1.91. The summed E-state index contributed by atoms with van der Waals surface area (Å²) in [4.78, 5) is 13.8. The third-order valence-electron chi connectivity index (χ3n) is 3.59. The Labute approximate surface area is 116 Å². The van der Waals surface area contributed by atoms with E-state index in [-0.39, 0.29) is 11.9 Å². The van der Waals surface area contributed by atoms with Gasteiger partial charge in [0.2, 0.25) is 5.91 Å². The van der Waals surface area contributed by atoms with E-state index in [1.807, 2.05) is 14.0 Å². The molecule has 0 aliphatic heterocycles. The van der Waals surface area contributed by atoms with Crippen molar-refractivity contribution in [2.45, 2.75) is 45.6 Å². The average molecular weight is 262 g/mol. The van der Waals surface area contributed by atoms with E-state index in [4.69, 9.17) is 5.73 Å². The standard InChI is InChI=1S/C16H26N2O/c1-4-5-6-14-7-9-15(10-8-14)11-16(19)18(3)13(2)12-17/h7-10,13H,4-6,11-12,17H2,1-3H3. The number of unbranched alkanes of at least 4 members (excludes halogenated alkanes) is 1. The number of carbonyl (C=O) groups excluding carboxylic acids is 1. The molecule has 2 N–H and O–H groups in total. The van der Waals surface area contributed by atoms with E-state index < -0.39 is 0 Å². The minimum atomic E-state index is 0.0938. The van der Waals surface area contributed by atoms with Crippen molar-refractivity contribution in [3.8, 4) is 0 Å². The smallest absolute Gasteiger partial charge is 0.227 e. The molecule has 0 saturated carbocycles. The highest BCUT2D eigenvalue weighted by Gasteiger charge is 2.14. The Morgan fingerprint density at radius 1 is 1.26 bits per heavy atom. The van der Waals surface area contributed by atoms with Crippen LogP contribution in [-0.2, 0) is 17.6 Å². The molecule has 0 heterocycles. The normalized spacial score (nSPS) is 12.2. The second kappa shape index (κ2) is 7.95. The van der Waals surface area contributed by atoms with E-state index in [2.05, 4.69) is 31.2 Å². The van der Waals surface area contributed by atoms with Gasteiger partial charge in [-0.2, -0.15) is 0 Å². The molecule has 19 heavy (non-hydrogen) atoms. The fourth-order valence-electron chi connectivity index (χ4n) is 1.91. The van der Waals surface area contributed by atoms with E-state index in [1.165, 1.54) is 18.4 Å². The highest BCUT2D eigenvalue weighted by molar-refractivity contribution is 5.78. The Balaban J connectivity index is 2.55. The number of rotatable bonds is 7. The second-order valence-corrected chi connectivity index (χ2v) is 5.19. The van der Waals surface area contributed by atoms with Crippen LogP contribution in [0.15, 0.2) is 24.3 Å². The number of benzene rings is 1. The molecule has 1 aromatic carbocycles. The Hall–Kier alpha value is -1.35. The van der Waals surface area contributed by atoms with Gasteiger partial charge in [-0.05, 0) is 30.9 Å². The highest BCUT2D eigenvalue weighted by atomic mass is 16.2. The van der Waals surface area contributed by atoms with Crippen LogP contribution in [0.2, 0.25) is 0 Å². The predicted octanol–water partition coefficient (Wildman–Crippen LogP) is 2.38. The molecule has 0 aromatic heterocycles. The lowest BCUT2D eigenvalue weighted by Crippen LogP contribution is -2.40. The fraction of sp³-hybridized carbons (Fsp3) is 0.562. The molecule has 1 atom stereocenters. The molecule has 0 spiro atoms. The summed E-state index contributed by atoms with van der Waals surface area (Å²) in [7, 11) is 1.81. The lowest BCUT2D eigenvalue weighted by Gasteiger charge is -2.23. The number of carbonyl (C=O) groups is 1. The van der Waals surface area contributed by atoms with Crippen LogP contribution in [0.3, 0.4) is 0 Å². The maximum Gasteiger partial charge on any atom is 0.227 e. The van der Waals surface area contributed by atoms with Crippen molar-refractivity contribution >= 4 is 5.91 Å². The van der Waals surface area contributed by atoms with Crippen LogP contribution < -0.4 is 5.73 Å². The molecule has 0 bridgehead atoms. The zero-order chi connectivity index (χ0) is 14.3. The van der Waals surface area contributed by atoms with E-state index in [0.29, 0.717) is 13.0 Å². The Morgan fingerprint density at radius 2 is 1.84 bits per heavy atom. The zero-order valence-corrected chi connectivity index (χ0v) is 12.4. The largest absolute Gasteiger partial charge is 0.341 e. The topological polar surface area (TPSA) is 46.3 Å². The van der Waals surface area contributed by atoms with Gasteiger partial charge in [0, 0.05) is 19.6 Å². The van der Waals surface area contributed by atoms with Crippen molar-refractivity contribution in [2.75, 3.05) is 13.6 Å². The maximum absolute atomic E-state index is 12.0. The number of aryl methyl sites for hydroxylation is 1. The summed E-state index contributed by atoms with van der Waals surface area (Å²) in [5, 5.41) is 0. The predicted molar refractivity (Wildman–Crippen MR) is 80.0 cm³/mol. The molecular formula is C16H26N2O. The first kappa shape index (κ1) is 15.7. The van der Waals surface area contributed by atoms with Gasteiger partial charge < -0.3 is 10.6 Å². The van der Waals surface area contributed by atoms with Gasteiger partial charge in [0.25, 0.3) is 0 Å². The van der Waals surface area contributed by atoms with Crippen LogP contribution in [-0.4, -0.2) is 30.4 Å². The zero-order valence-electron chi connectivity index (χ0n) is 12.4. The molecule has 0 aliphatic rings. The van der Waals surface area contributed by atoms with Crippen LogP contribution in [0.4, 0.5) is 0 Å². The summed E-state index contributed by atoms with van der Waals surface area (Å²) in [5.41, 5.74) is 8.00. The summed E-state index contributed by atoms with van der Waals surface area (Å²) < 4.78 is 0. The number of likely N-dealkylation sites (N-methyl/N-ethyl adjacent to an activating group) is 1. The van der Waals surface area contributed by atoms with Crippen molar-refractivity contribution in [3.63, 3.8) is 0 Å². The van der Waals surface area contributed by atoms with Crippen LogP contribution in [0, 0.1) is 0 Å². The minimum Gasteiger partial charge on any atom is -0.341 e. The molecule has 106 valence electrons. The van der Waals surface area contributed by atoms with Gasteiger partial charge >= 0.3 is 0 Å². The van der Waals surface area contributed by atoms with Gasteiger partial charge in [0.15, 0.2) is 0 Å². The lowest BCUT2D eigenvalue weighted by atomic mass is 10.0. The van der Waals surface area contributed by atoms with Gasteiger partial charge in [-0.3, -0.25) is 4.79 Å². The molecule has 1 rings (SSSR count). The summed E-state index contributed by atoms with van der Waals surface area (Å²) in [6.45, 7) is 4.66. The molecular weight excluding hydrogens is 236 g/mol. The van der Waals surface area contributed by atoms with Crippen LogP contribution in [0.1, 0.15) is 37.8 Å². The van der Waals surface area contributed by atoms with E-state index in [0.717, 1.165) is 12.0 Å². The van der Waals surface area contributed by atoms with Gasteiger partial charge in [0.1, 0.15) is 0 Å². The second-order valence-electron chi connectivity index (χ2n) is 5.19. The Bertz CT molecular complexity index is 386. The van der Waals surface area contributed by atoms with Crippen molar-refractivity contribution in [2.24, 2.45) is 5.73 Å². The Kier molecular flexibility index (Phi) is 6.57. The number of amides is 1. The SMILES string of the molecule is CCCCc1ccc(CC(=O)N(C)C(C)CN)cc1. The molecule has 0 aliphatic carbocycles. The average Bonchev–Trinajstić information content (AvgIpc) is 2.44. The molecule has 1 aromatic rings. The highest BCUT2D eigenvalue weighted by Crippen LogP contribution is 2.10. The molecule has 0 fully saturated rings. The minimum absolute atomic E-state index is 0.0938. The summed E-state index contributed by atoms with van der Waals surface area (Å²) in [6.07, 6.45) is 4.00. The third kappa shape index (κ3) is 5.03. The van der Waals surface area contributed by atoms with Gasteiger partial charge in [-0.1, -0.05) is 37.6 Å². The summed E-state index contributed by atoms with van der Waals surface area (Å²) >= 11 is 0. The van der Waals surface area contributed by atoms with Crippen molar-refractivity contribution < 1.29 is 4.79 Å². The first-order chi connectivity index (χ1) is 9.08. The van der Waals surface area contributed by atoms with Crippen molar-refractivity contribution in [1.82, 2.24) is 4.90 Å². The monoisotopic (exact) mass is 262 g/mol. The summed E-state index contributed by atoms with van der Waals surface area (Å²) in [5.74, 6) is 0.124. The molecule has 3 heteroatoms. The lowest BCUT2D eigenvalue weighted by molar-refractivity contribution is -0.130. The first-order valence-corrected chi connectivity index (χ1v) is 7.12. The number of nitrogens with two attached hydrogens (primary N) is 1. The number of hydrogen-bond acceptors (Lipinski definition) is 2. The molecule has 1 amide bonds. The first-order valence-electron chi connectivity index (χ1n) is 7.12. The number of hydrogen-bond donors (Lipinski definition) is 1. The molecule has 1 unspecified atom stereocenters. The van der Waals surface area contributed by atoms with Crippen molar-refractivity contribution in [3.05, 3.63) is 35.4 Å². The van der Waals surface area contributed by atoms with Crippen LogP contribution in [0.5, 0.6) is 0 Å². The maximum atomic E-state index is 12.0. The van der Waals surface area contributed by atoms with Gasteiger partial charge in [-0.25, -0.2) is 0 Å². The van der Waals surface area contributed by atoms with Crippen LogP contribution >= 0.6 is 0 Å². The van der Waals surface area contributed by atoms with Gasteiger partial charge in [-0.15, -0.1) is 0 Å². The third-order valence-corrected chi connectivity index (χ3v) is 3.59. The van der Waals surface area contributed by atoms with Crippen molar-refractivity contribution in [1.29, 1.82) is 0 Å². The van der Waals surface area contributed by atoms with Gasteiger partial charge in [0.05, 0.1) is 6.42 Å². The molecule has 0 radical (unpaired) electrons. The summed E-state index contributed by atoms with van der Waals surface area (Å²) in [6, 6.07) is 8.47. The molecule has 3 nitrogen and oxygen atoms in total. The number of nitrogens with zero attached hydrogens (tertiary/aromatic N) is 1. The van der Waals surface area contributed by atoms with E-state index in [1.54, 1.807) is 4.90 Å². The van der Waals surface area contributed by atoms with E-state index >= 15 is 0 Å². The van der Waals surface area contributed by atoms with Crippen LogP contribution in [0.25, 0.3) is 0 Å².